The van der Waals surface area contributed by atoms with E-state index in [0.717, 1.165) is 35.3 Å². The number of amides is 1. The van der Waals surface area contributed by atoms with Gasteiger partial charge in [-0.1, -0.05) is 42.8 Å². The van der Waals surface area contributed by atoms with Gasteiger partial charge in [-0.2, -0.15) is 0 Å². The molecule has 3 nitrogen and oxygen atoms in total. The summed E-state index contributed by atoms with van der Waals surface area (Å²) in [6, 6.07) is 16.4. The number of hydrogen-bond acceptors (Lipinski definition) is 3. The normalized spacial score (nSPS) is 18.0. The molecular formula is C23H29ClN2OS. The first-order chi connectivity index (χ1) is 13.5. The van der Waals surface area contributed by atoms with Gasteiger partial charge in [-0.15, -0.1) is 11.8 Å². The smallest absolute Gasteiger partial charge is 0.230 e. The molecule has 3 rings (SSSR count). The Hall–Kier alpha value is -1.65. The van der Waals surface area contributed by atoms with Crippen LogP contribution >= 0.6 is 23.4 Å². The van der Waals surface area contributed by atoms with Crippen molar-refractivity contribution in [2.45, 2.75) is 38.5 Å². The minimum absolute atomic E-state index is 0.0120. The average Bonchev–Trinajstić information content (AvgIpc) is 2.69. The van der Waals surface area contributed by atoms with E-state index >= 15 is 0 Å². The van der Waals surface area contributed by atoms with Gasteiger partial charge >= 0.3 is 0 Å². The van der Waals surface area contributed by atoms with Gasteiger partial charge < -0.3 is 10.2 Å². The van der Waals surface area contributed by atoms with Crippen LogP contribution in [0.1, 0.15) is 43.9 Å². The molecule has 1 aliphatic heterocycles. The number of rotatable bonds is 7. The molecule has 1 saturated heterocycles. The van der Waals surface area contributed by atoms with Crippen molar-refractivity contribution in [3.8, 4) is 0 Å². The monoisotopic (exact) mass is 416 g/mol. The number of carbonyl (C=O) groups is 1. The van der Waals surface area contributed by atoms with Gasteiger partial charge in [-0.05, 0) is 61.1 Å². The van der Waals surface area contributed by atoms with E-state index in [4.69, 9.17) is 11.6 Å². The van der Waals surface area contributed by atoms with E-state index < -0.39 is 0 Å². The molecule has 1 heterocycles. The summed E-state index contributed by atoms with van der Waals surface area (Å²) < 4.78 is 0. The largest absolute Gasteiger partial charge is 0.371 e. The number of hydrogen-bond donors (Lipinski definition) is 1. The number of carbonyl (C=O) groups excluding carboxylic acids is 1. The van der Waals surface area contributed by atoms with Crippen LogP contribution in [-0.2, 0) is 10.5 Å². The molecule has 1 aliphatic rings. The molecule has 0 saturated carbocycles. The molecule has 1 fully saturated rings. The number of piperidine rings is 1. The Kier molecular flexibility index (Phi) is 7.69. The fraction of sp³-hybridized carbons (Fsp3) is 0.435. The maximum absolute atomic E-state index is 12.3. The van der Waals surface area contributed by atoms with Crippen LogP contribution in [0.5, 0.6) is 0 Å². The Labute approximate surface area is 177 Å². The number of halogens is 1. The fourth-order valence-electron chi connectivity index (χ4n) is 3.61. The Bertz CT molecular complexity index is 763. The minimum atomic E-state index is 0.0120. The molecule has 0 aromatic heterocycles. The van der Waals surface area contributed by atoms with E-state index in [0.29, 0.717) is 5.75 Å². The molecule has 0 bridgehead atoms. The van der Waals surface area contributed by atoms with Crippen LogP contribution in [0, 0.1) is 5.92 Å². The van der Waals surface area contributed by atoms with Crippen molar-refractivity contribution >= 4 is 35.0 Å². The van der Waals surface area contributed by atoms with Crippen LogP contribution in [0.15, 0.2) is 48.5 Å². The summed E-state index contributed by atoms with van der Waals surface area (Å²) in [5.74, 6) is 2.09. The van der Waals surface area contributed by atoms with Gasteiger partial charge in [-0.3, -0.25) is 4.79 Å². The summed E-state index contributed by atoms with van der Waals surface area (Å²) in [4.78, 5) is 14.7. The van der Waals surface area contributed by atoms with E-state index in [1.165, 1.54) is 24.1 Å². The van der Waals surface area contributed by atoms with E-state index in [2.05, 4.69) is 41.4 Å². The van der Waals surface area contributed by atoms with Gasteiger partial charge in [0.2, 0.25) is 5.91 Å². The van der Waals surface area contributed by atoms with Crippen LogP contribution in [0.4, 0.5) is 5.69 Å². The molecule has 0 aliphatic carbocycles. The molecule has 0 unspecified atom stereocenters. The Morgan fingerprint density at radius 2 is 1.93 bits per heavy atom. The fourth-order valence-corrected chi connectivity index (χ4v) is 4.53. The molecule has 5 heteroatoms. The van der Waals surface area contributed by atoms with Crippen LogP contribution in [0.3, 0.4) is 0 Å². The zero-order valence-electron chi connectivity index (χ0n) is 16.7. The third kappa shape index (κ3) is 6.18. The van der Waals surface area contributed by atoms with E-state index in [1.807, 2.05) is 31.2 Å². The molecule has 2 aromatic rings. The number of nitrogens with zero attached hydrogens (tertiary/aromatic N) is 1. The number of anilines is 1. The van der Waals surface area contributed by atoms with Crippen LogP contribution in [0.25, 0.3) is 0 Å². The second-order valence-corrected chi connectivity index (χ2v) is 9.12. The summed E-state index contributed by atoms with van der Waals surface area (Å²) >= 11 is 7.52. The molecule has 2 atom stereocenters. The molecule has 1 N–H and O–H groups in total. The topological polar surface area (TPSA) is 32.3 Å². The van der Waals surface area contributed by atoms with Gasteiger partial charge in [-0.25, -0.2) is 0 Å². The first-order valence-electron chi connectivity index (χ1n) is 9.97. The number of benzene rings is 2. The first-order valence-corrected chi connectivity index (χ1v) is 11.5. The highest BCUT2D eigenvalue weighted by atomic mass is 35.5. The second kappa shape index (κ2) is 10.2. The molecule has 1 amide bonds. The predicted octanol–water partition coefficient (Wildman–Crippen LogP) is 5.69. The molecule has 2 aromatic carbocycles. The molecule has 0 spiro atoms. The van der Waals surface area contributed by atoms with Crippen molar-refractivity contribution in [3.05, 3.63) is 64.7 Å². The lowest BCUT2D eigenvalue weighted by molar-refractivity contribution is -0.119. The number of thioether (sulfide) groups is 1. The SMILES string of the molecule is C[C@@H]1CCCN(c2ccc([C@@H](C)NC(=O)CSCc3ccc(Cl)cc3)cc2)C1. The third-order valence-electron chi connectivity index (χ3n) is 5.21. The van der Waals surface area contributed by atoms with E-state index in [1.54, 1.807) is 11.8 Å². The summed E-state index contributed by atoms with van der Waals surface area (Å²) in [5.41, 5.74) is 3.61. The lowest BCUT2D eigenvalue weighted by Crippen LogP contribution is -2.34. The lowest BCUT2D eigenvalue weighted by atomic mass is 9.99. The average molecular weight is 417 g/mol. The molecular weight excluding hydrogens is 388 g/mol. The quantitative estimate of drug-likeness (QED) is 0.629. The van der Waals surface area contributed by atoms with Gasteiger partial charge in [0.1, 0.15) is 0 Å². The van der Waals surface area contributed by atoms with E-state index in [-0.39, 0.29) is 11.9 Å². The first kappa shape index (κ1) is 21.1. The van der Waals surface area contributed by atoms with Crippen LogP contribution in [-0.4, -0.2) is 24.7 Å². The van der Waals surface area contributed by atoms with Crippen LogP contribution in [0.2, 0.25) is 5.02 Å². The summed E-state index contributed by atoms with van der Waals surface area (Å²) in [6.45, 7) is 6.64. The molecule has 150 valence electrons. The molecule has 28 heavy (non-hydrogen) atoms. The van der Waals surface area contributed by atoms with Crippen molar-refractivity contribution in [3.63, 3.8) is 0 Å². The maximum Gasteiger partial charge on any atom is 0.230 e. The van der Waals surface area contributed by atoms with Crippen LogP contribution < -0.4 is 10.2 Å². The zero-order chi connectivity index (χ0) is 19.9. The van der Waals surface area contributed by atoms with Crippen molar-refractivity contribution < 1.29 is 4.79 Å². The predicted molar refractivity (Wildman–Crippen MR) is 121 cm³/mol. The maximum atomic E-state index is 12.3. The standard InChI is InChI=1S/C23H29ClN2OS/c1-17-4-3-13-26(14-17)22-11-7-20(8-12-22)18(2)25-23(27)16-28-15-19-5-9-21(24)10-6-19/h5-12,17-18H,3-4,13-16H2,1-2H3,(H,25,27)/t17-,18-/m1/s1. The summed E-state index contributed by atoms with van der Waals surface area (Å²) in [5, 5.41) is 3.84. The lowest BCUT2D eigenvalue weighted by Gasteiger charge is -2.33. The Morgan fingerprint density at radius 1 is 1.21 bits per heavy atom. The highest BCUT2D eigenvalue weighted by molar-refractivity contribution is 7.99. The van der Waals surface area contributed by atoms with Gasteiger partial charge in [0.15, 0.2) is 0 Å². The number of nitrogens with one attached hydrogen (secondary N) is 1. The van der Waals surface area contributed by atoms with Gasteiger partial charge in [0, 0.05) is 29.6 Å². The Balaban J connectivity index is 1.45. The van der Waals surface area contributed by atoms with Crippen molar-refractivity contribution in [1.82, 2.24) is 5.32 Å². The van der Waals surface area contributed by atoms with Crippen molar-refractivity contribution in [2.75, 3.05) is 23.7 Å². The van der Waals surface area contributed by atoms with E-state index in [9.17, 15) is 4.79 Å². The summed E-state index contributed by atoms with van der Waals surface area (Å²) in [6.07, 6.45) is 2.59. The third-order valence-corrected chi connectivity index (χ3v) is 6.46. The molecule has 0 radical (unpaired) electrons. The highest BCUT2D eigenvalue weighted by Crippen LogP contribution is 2.24. The van der Waals surface area contributed by atoms with Crippen molar-refractivity contribution in [1.29, 1.82) is 0 Å². The highest BCUT2D eigenvalue weighted by Gasteiger charge is 2.17. The van der Waals surface area contributed by atoms with Crippen molar-refractivity contribution in [2.24, 2.45) is 5.92 Å². The summed E-state index contributed by atoms with van der Waals surface area (Å²) in [7, 11) is 0. The second-order valence-electron chi connectivity index (χ2n) is 7.69. The van der Waals surface area contributed by atoms with Gasteiger partial charge in [0.05, 0.1) is 11.8 Å². The van der Waals surface area contributed by atoms with Gasteiger partial charge in [0.25, 0.3) is 0 Å². The minimum Gasteiger partial charge on any atom is -0.371 e. The zero-order valence-corrected chi connectivity index (χ0v) is 18.2. The Morgan fingerprint density at radius 3 is 2.61 bits per heavy atom.